The van der Waals surface area contributed by atoms with Gasteiger partial charge in [0.2, 0.25) is 5.75 Å². The van der Waals surface area contributed by atoms with Gasteiger partial charge in [-0.1, -0.05) is 12.1 Å². The molecule has 3 aromatic rings. The summed E-state index contributed by atoms with van der Waals surface area (Å²) in [5, 5.41) is 0. The fraction of sp³-hybridized carbons (Fsp3) is 0.346. The summed E-state index contributed by atoms with van der Waals surface area (Å²) in [6.45, 7) is 4.85. The number of carbonyl (C=O) groups excluding carboxylic acids is 1. The molecule has 2 aromatic carbocycles. The van der Waals surface area contributed by atoms with Crippen molar-refractivity contribution in [3.05, 3.63) is 47.2 Å². The van der Waals surface area contributed by atoms with Gasteiger partial charge in [-0.05, 0) is 49.6 Å². The third kappa shape index (κ3) is 3.57. The number of methoxy groups -OCH3 is 4. The van der Waals surface area contributed by atoms with Crippen molar-refractivity contribution in [3.63, 3.8) is 0 Å². The number of aryl methyl sites for hydroxylation is 1. The van der Waals surface area contributed by atoms with E-state index in [1.165, 1.54) is 0 Å². The molecule has 4 rings (SSSR count). The second-order valence-corrected chi connectivity index (χ2v) is 7.71. The van der Waals surface area contributed by atoms with E-state index in [1.807, 2.05) is 31.2 Å². The zero-order valence-electron chi connectivity index (χ0n) is 19.9. The van der Waals surface area contributed by atoms with Crippen molar-refractivity contribution < 1.29 is 28.5 Å². The molecule has 0 radical (unpaired) electrons. The number of nitrogens with zero attached hydrogens (tertiary/aromatic N) is 1. The van der Waals surface area contributed by atoms with Crippen molar-refractivity contribution >= 4 is 5.97 Å². The number of carbonyl (C=O) groups is 1. The lowest BCUT2D eigenvalue weighted by Gasteiger charge is -2.23. The van der Waals surface area contributed by atoms with Crippen LogP contribution in [0.2, 0.25) is 0 Å². The van der Waals surface area contributed by atoms with Gasteiger partial charge in [-0.15, -0.1) is 0 Å². The third-order valence-corrected chi connectivity index (χ3v) is 6.13. The number of esters is 1. The lowest BCUT2D eigenvalue weighted by Crippen LogP contribution is -2.15. The first-order valence-corrected chi connectivity index (χ1v) is 10.9. The van der Waals surface area contributed by atoms with E-state index in [1.54, 1.807) is 35.4 Å². The Morgan fingerprint density at radius 1 is 0.939 bits per heavy atom. The number of ether oxygens (including phenoxy) is 5. The minimum atomic E-state index is -0.378. The number of benzene rings is 2. The summed E-state index contributed by atoms with van der Waals surface area (Å²) in [5.41, 5.74) is 5.91. The Labute approximate surface area is 193 Å². The van der Waals surface area contributed by atoms with Gasteiger partial charge in [-0.25, -0.2) is 4.79 Å². The molecule has 0 spiro atoms. The minimum absolute atomic E-state index is 0.274. The maximum atomic E-state index is 13.4. The Hall–Kier alpha value is -3.61. The van der Waals surface area contributed by atoms with E-state index in [4.69, 9.17) is 23.7 Å². The fourth-order valence-corrected chi connectivity index (χ4v) is 4.71. The van der Waals surface area contributed by atoms with Gasteiger partial charge in [-0.2, -0.15) is 0 Å². The Morgan fingerprint density at radius 2 is 1.61 bits per heavy atom. The second-order valence-electron chi connectivity index (χ2n) is 7.71. The molecule has 0 unspecified atom stereocenters. The molecule has 2 heterocycles. The van der Waals surface area contributed by atoms with Crippen molar-refractivity contribution in [1.82, 2.24) is 4.57 Å². The first kappa shape index (κ1) is 22.6. The number of hydrogen-bond acceptors (Lipinski definition) is 6. The van der Waals surface area contributed by atoms with E-state index >= 15 is 0 Å². The number of aromatic nitrogens is 1. The molecule has 0 saturated heterocycles. The highest BCUT2D eigenvalue weighted by Gasteiger charge is 2.33. The SMILES string of the molecule is CCOC(=O)c1c(-c2cc(OC)c(OC)c(OC)c2)c(C)n2c1-c1c(cccc1OC)CC2. The van der Waals surface area contributed by atoms with Crippen LogP contribution in [0.25, 0.3) is 22.4 Å². The molecule has 1 aliphatic rings. The van der Waals surface area contributed by atoms with Crippen molar-refractivity contribution in [1.29, 1.82) is 0 Å². The largest absolute Gasteiger partial charge is 0.496 e. The predicted octanol–water partition coefficient (Wildman–Crippen LogP) is 4.90. The van der Waals surface area contributed by atoms with Crippen LogP contribution in [0, 0.1) is 6.92 Å². The van der Waals surface area contributed by atoms with E-state index in [0.29, 0.717) is 22.8 Å². The van der Waals surface area contributed by atoms with Gasteiger partial charge in [0.05, 0.1) is 46.3 Å². The maximum absolute atomic E-state index is 13.4. The average molecular weight is 452 g/mol. The van der Waals surface area contributed by atoms with E-state index in [0.717, 1.165) is 52.4 Å². The molecule has 0 N–H and O–H groups in total. The number of fused-ring (bicyclic) bond motifs is 3. The lowest BCUT2D eigenvalue weighted by atomic mass is 9.93. The Bertz CT molecular complexity index is 1170. The quantitative estimate of drug-likeness (QED) is 0.476. The molecule has 7 nitrogen and oxygen atoms in total. The van der Waals surface area contributed by atoms with Crippen LogP contribution in [-0.2, 0) is 17.7 Å². The standard InChI is InChI=1S/C26H29NO6/c1-7-33-26(28)23-21(17-13-19(30-4)25(32-6)20(14-17)31-5)15(2)27-12-11-16-9-8-10-18(29-3)22(16)24(23)27/h8-10,13-14H,7,11-12H2,1-6H3. The smallest absolute Gasteiger partial charge is 0.340 e. The van der Waals surface area contributed by atoms with E-state index in [9.17, 15) is 4.79 Å². The Kier molecular flexibility index (Phi) is 6.22. The van der Waals surface area contributed by atoms with Gasteiger partial charge in [0.1, 0.15) is 5.75 Å². The highest BCUT2D eigenvalue weighted by atomic mass is 16.5. The molecule has 0 atom stereocenters. The molecule has 0 aliphatic carbocycles. The van der Waals surface area contributed by atoms with Crippen LogP contribution < -0.4 is 18.9 Å². The first-order chi connectivity index (χ1) is 16.0. The summed E-state index contributed by atoms with van der Waals surface area (Å²) in [6, 6.07) is 9.71. The van der Waals surface area contributed by atoms with Crippen LogP contribution in [0.4, 0.5) is 0 Å². The molecule has 0 amide bonds. The van der Waals surface area contributed by atoms with Crippen molar-refractivity contribution in [2.75, 3.05) is 35.0 Å². The van der Waals surface area contributed by atoms with Crippen LogP contribution in [0.5, 0.6) is 23.0 Å². The second kappa shape index (κ2) is 9.10. The topological polar surface area (TPSA) is 68.2 Å². The normalized spacial score (nSPS) is 11.9. The maximum Gasteiger partial charge on any atom is 0.340 e. The van der Waals surface area contributed by atoms with Gasteiger partial charge in [0.25, 0.3) is 0 Å². The summed E-state index contributed by atoms with van der Waals surface area (Å²) < 4.78 is 30.1. The van der Waals surface area contributed by atoms with Crippen LogP contribution in [0.3, 0.4) is 0 Å². The molecule has 7 heteroatoms. The van der Waals surface area contributed by atoms with Crippen molar-refractivity contribution in [2.45, 2.75) is 26.8 Å². The summed E-state index contributed by atoms with van der Waals surface area (Å²) >= 11 is 0. The minimum Gasteiger partial charge on any atom is -0.496 e. The molecule has 0 bridgehead atoms. The molecule has 0 saturated carbocycles. The lowest BCUT2D eigenvalue weighted by molar-refractivity contribution is 0.0528. The van der Waals surface area contributed by atoms with Gasteiger partial charge in [0.15, 0.2) is 11.5 Å². The summed E-state index contributed by atoms with van der Waals surface area (Å²) in [7, 11) is 6.36. The van der Waals surface area contributed by atoms with E-state index in [-0.39, 0.29) is 12.6 Å². The molecule has 174 valence electrons. The molecule has 33 heavy (non-hydrogen) atoms. The van der Waals surface area contributed by atoms with Crippen LogP contribution in [0.1, 0.15) is 28.5 Å². The molecular weight excluding hydrogens is 422 g/mol. The Morgan fingerprint density at radius 3 is 2.18 bits per heavy atom. The molecule has 0 fully saturated rings. The highest BCUT2D eigenvalue weighted by molar-refractivity contribution is 6.06. The summed E-state index contributed by atoms with van der Waals surface area (Å²) in [5.74, 6) is 1.88. The molecule has 1 aliphatic heterocycles. The third-order valence-electron chi connectivity index (χ3n) is 6.13. The van der Waals surface area contributed by atoms with Gasteiger partial charge >= 0.3 is 5.97 Å². The highest BCUT2D eigenvalue weighted by Crippen LogP contribution is 2.48. The van der Waals surface area contributed by atoms with Crippen LogP contribution >= 0.6 is 0 Å². The van der Waals surface area contributed by atoms with Crippen molar-refractivity contribution in [3.8, 4) is 45.4 Å². The van der Waals surface area contributed by atoms with Crippen LogP contribution in [0.15, 0.2) is 30.3 Å². The van der Waals surface area contributed by atoms with Crippen LogP contribution in [-0.4, -0.2) is 45.6 Å². The predicted molar refractivity (Wildman–Crippen MR) is 126 cm³/mol. The summed E-state index contributed by atoms with van der Waals surface area (Å²) in [4.78, 5) is 13.4. The fourth-order valence-electron chi connectivity index (χ4n) is 4.71. The zero-order chi connectivity index (χ0) is 23.7. The summed E-state index contributed by atoms with van der Waals surface area (Å²) in [6.07, 6.45) is 0.839. The number of rotatable bonds is 7. The van der Waals surface area contributed by atoms with Gasteiger partial charge < -0.3 is 28.3 Å². The molecular formula is C26H29NO6. The number of hydrogen-bond donors (Lipinski definition) is 0. The Balaban J connectivity index is 2.09. The van der Waals surface area contributed by atoms with Gasteiger partial charge in [-0.3, -0.25) is 0 Å². The first-order valence-electron chi connectivity index (χ1n) is 10.9. The zero-order valence-corrected chi connectivity index (χ0v) is 19.9. The van der Waals surface area contributed by atoms with E-state index < -0.39 is 0 Å². The average Bonchev–Trinajstić information content (AvgIpc) is 3.15. The van der Waals surface area contributed by atoms with Crippen molar-refractivity contribution in [2.24, 2.45) is 0 Å². The van der Waals surface area contributed by atoms with Gasteiger partial charge in [0, 0.05) is 23.4 Å². The van der Waals surface area contributed by atoms with E-state index in [2.05, 4.69) is 10.6 Å². The molecule has 1 aromatic heterocycles. The monoisotopic (exact) mass is 451 g/mol.